The van der Waals surface area contributed by atoms with Crippen LogP contribution in [0, 0.1) is 17.1 Å². The Labute approximate surface area is 169 Å². The Bertz CT molecular complexity index is 872. The molecular weight excluding hydrogens is 371 g/mol. The quantitative estimate of drug-likeness (QED) is 0.816. The summed E-state index contributed by atoms with van der Waals surface area (Å²) in [5.74, 6) is -0.548. The molecule has 2 aromatic carbocycles. The number of nitrogens with one attached hydrogen (secondary N) is 1. The van der Waals surface area contributed by atoms with Gasteiger partial charge in [0, 0.05) is 44.7 Å². The molecule has 2 aromatic rings. The highest BCUT2D eigenvalue weighted by Gasteiger charge is 2.26. The molecule has 1 unspecified atom stereocenters. The second-order valence-electron chi connectivity index (χ2n) is 6.87. The Balaban J connectivity index is 1.45. The van der Waals surface area contributed by atoms with Crippen molar-refractivity contribution in [2.75, 3.05) is 32.7 Å². The number of amides is 2. The van der Waals surface area contributed by atoms with Crippen LogP contribution in [0.5, 0.6) is 0 Å². The van der Waals surface area contributed by atoms with Gasteiger partial charge in [-0.1, -0.05) is 30.3 Å². The predicted octanol–water partition coefficient (Wildman–Crippen LogP) is 2.35. The fourth-order valence-corrected chi connectivity index (χ4v) is 3.37. The van der Waals surface area contributed by atoms with Gasteiger partial charge in [0.1, 0.15) is 11.9 Å². The molecule has 0 spiro atoms. The summed E-state index contributed by atoms with van der Waals surface area (Å²) in [5.41, 5.74) is 1.31. The fraction of sp³-hybridized carbons (Fsp3) is 0.318. The number of benzene rings is 2. The molecule has 3 rings (SSSR count). The van der Waals surface area contributed by atoms with Gasteiger partial charge in [-0.2, -0.15) is 5.26 Å². The van der Waals surface area contributed by atoms with Gasteiger partial charge in [0.05, 0.1) is 6.07 Å². The van der Waals surface area contributed by atoms with Crippen molar-refractivity contribution in [2.45, 2.75) is 12.5 Å². The molecule has 0 bridgehead atoms. The summed E-state index contributed by atoms with van der Waals surface area (Å²) in [6.07, 6.45) is 0.234. The van der Waals surface area contributed by atoms with Gasteiger partial charge >= 0.3 is 0 Å². The minimum Gasteiger partial charge on any atom is -0.352 e. The molecule has 6 nitrogen and oxygen atoms in total. The molecule has 1 atom stereocenters. The summed E-state index contributed by atoms with van der Waals surface area (Å²) in [6.45, 7) is 2.45. The van der Waals surface area contributed by atoms with Gasteiger partial charge in [-0.15, -0.1) is 0 Å². The first-order chi connectivity index (χ1) is 14.1. The summed E-state index contributed by atoms with van der Waals surface area (Å²) < 4.78 is 13.1. The van der Waals surface area contributed by atoms with Crippen molar-refractivity contribution in [1.82, 2.24) is 15.1 Å². The molecule has 0 saturated carbocycles. The number of carbonyl (C=O) groups excluding carboxylic acids is 2. The molecule has 0 aromatic heterocycles. The van der Waals surface area contributed by atoms with E-state index in [2.05, 4.69) is 11.4 Å². The van der Waals surface area contributed by atoms with Crippen LogP contribution in [0.4, 0.5) is 4.39 Å². The predicted molar refractivity (Wildman–Crippen MR) is 106 cm³/mol. The highest BCUT2D eigenvalue weighted by atomic mass is 19.1. The first-order valence-electron chi connectivity index (χ1n) is 9.58. The molecule has 2 amide bonds. The van der Waals surface area contributed by atoms with Crippen LogP contribution in [0.25, 0.3) is 0 Å². The summed E-state index contributed by atoms with van der Waals surface area (Å²) in [6, 6.07) is 16.6. The average molecular weight is 394 g/mol. The van der Waals surface area contributed by atoms with E-state index in [9.17, 15) is 19.2 Å². The number of rotatable bonds is 6. The lowest BCUT2D eigenvalue weighted by Crippen LogP contribution is -2.50. The zero-order chi connectivity index (χ0) is 20.6. The van der Waals surface area contributed by atoms with Gasteiger partial charge in [0.25, 0.3) is 5.91 Å². The third kappa shape index (κ3) is 5.39. The minimum absolute atomic E-state index is 0.0201. The minimum atomic E-state index is -0.460. The number of nitriles is 1. The van der Waals surface area contributed by atoms with Gasteiger partial charge in [0.15, 0.2) is 0 Å². The lowest BCUT2D eigenvalue weighted by atomic mass is 10.1. The second-order valence-corrected chi connectivity index (χ2v) is 6.87. The van der Waals surface area contributed by atoms with E-state index in [1.54, 1.807) is 41.3 Å². The zero-order valence-corrected chi connectivity index (χ0v) is 16.1. The van der Waals surface area contributed by atoms with Crippen LogP contribution in [0.1, 0.15) is 28.4 Å². The summed E-state index contributed by atoms with van der Waals surface area (Å²) >= 11 is 0. The Morgan fingerprint density at radius 2 is 1.69 bits per heavy atom. The van der Waals surface area contributed by atoms with Crippen LogP contribution >= 0.6 is 0 Å². The Hall–Kier alpha value is -3.24. The average Bonchev–Trinajstić information content (AvgIpc) is 2.76. The SMILES string of the molecule is N#CC(c1ccc(F)cc1)N1CCN(C(=O)CCNC(=O)c2ccccc2)CC1. The number of hydrogen-bond acceptors (Lipinski definition) is 4. The van der Waals surface area contributed by atoms with E-state index in [-0.39, 0.29) is 30.6 Å². The van der Waals surface area contributed by atoms with Crippen molar-refractivity contribution in [2.24, 2.45) is 0 Å². The Morgan fingerprint density at radius 3 is 2.31 bits per heavy atom. The number of hydrogen-bond donors (Lipinski definition) is 1. The van der Waals surface area contributed by atoms with Crippen LogP contribution in [-0.2, 0) is 4.79 Å². The third-order valence-electron chi connectivity index (χ3n) is 5.00. The molecule has 1 aliphatic rings. The normalized spacial score (nSPS) is 15.4. The molecule has 1 saturated heterocycles. The monoisotopic (exact) mass is 394 g/mol. The van der Waals surface area contributed by atoms with Crippen molar-refractivity contribution < 1.29 is 14.0 Å². The summed E-state index contributed by atoms with van der Waals surface area (Å²) in [5, 5.41) is 12.3. The molecule has 0 radical (unpaired) electrons. The van der Waals surface area contributed by atoms with E-state index in [0.29, 0.717) is 31.7 Å². The van der Waals surface area contributed by atoms with Crippen molar-refractivity contribution in [3.8, 4) is 6.07 Å². The maximum absolute atomic E-state index is 13.1. The molecule has 0 aliphatic carbocycles. The van der Waals surface area contributed by atoms with Crippen molar-refractivity contribution in [3.63, 3.8) is 0 Å². The topological polar surface area (TPSA) is 76.4 Å². The maximum atomic E-state index is 13.1. The van der Waals surface area contributed by atoms with Crippen LogP contribution < -0.4 is 5.32 Å². The molecule has 29 heavy (non-hydrogen) atoms. The third-order valence-corrected chi connectivity index (χ3v) is 5.00. The summed E-state index contributed by atoms with van der Waals surface area (Å²) in [4.78, 5) is 28.2. The van der Waals surface area contributed by atoms with Gasteiger partial charge in [-0.05, 0) is 29.8 Å². The highest BCUT2D eigenvalue weighted by molar-refractivity contribution is 5.94. The number of piperazine rings is 1. The largest absolute Gasteiger partial charge is 0.352 e. The van der Waals surface area contributed by atoms with Crippen LogP contribution in [-0.4, -0.2) is 54.3 Å². The van der Waals surface area contributed by atoms with E-state index < -0.39 is 6.04 Å². The van der Waals surface area contributed by atoms with E-state index >= 15 is 0 Å². The summed E-state index contributed by atoms with van der Waals surface area (Å²) in [7, 11) is 0. The standard InChI is InChI=1S/C22H23FN4O2/c23-19-8-6-17(7-9-19)20(16-24)26-12-14-27(15-13-26)21(28)10-11-25-22(29)18-4-2-1-3-5-18/h1-9,20H,10-15H2,(H,25,29). The molecule has 1 N–H and O–H groups in total. The van der Waals surface area contributed by atoms with Gasteiger partial charge in [0.2, 0.25) is 5.91 Å². The lowest BCUT2D eigenvalue weighted by molar-refractivity contribution is -0.133. The van der Waals surface area contributed by atoms with E-state index in [1.807, 2.05) is 11.0 Å². The van der Waals surface area contributed by atoms with Crippen molar-refractivity contribution >= 4 is 11.8 Å². The first kappa shape index (κ1) is 20.5. The second kappa shape index (κ2) is 9.80. The van der Waals surface area contributed by atoms with Gasteiger partial charge in [-0.3, -0.25) is 14.5 Å². The van der Waals surface area contributed by atoms with E-state index in [4.69, 9.17) is 0 Å². The Morgan fingerprint density at radius 1 is 1.03 bits per heavy atom. The number of carbonyl (C=O) groups is 2. The molecule has 1 heterocycles. The highest BCUT2D eigenvalue weighted by Crippen LogP contribution is 2.22. The molecular formula is C22H23FN4O2. The van der Waals surface area contributed by atoms with Crippen molar-refractivity contribution in [1.29, 1.82) is 5.26 Å². The maximum Gasteiger partial charge on any atom is 0.251 e. The van der Waals surface area contributed by atoms with Gasteiger partial charge in [-0.25, -0.2) is 4.39 Å². The van der Waals surface area contributed by atoms with E-state index in [0.717, 1.165) is 5.56 Å². The zero-order valence-electron chi connectivity index (χ0n) is 16.1. The smallest absolute Gasteiger partial charge is 0.251 e. The number of nitrogens with zero attached hydrogens (tertiary/aromatic N) is 3. The Kier molecular flexibility index (Phi) is 6.93. The van der Waals surface area contributed by atoms with Crippen molar-refractivity contribution in [3.05, 3.63) is 71.5 Å². The first-order valence-corrected chi connectivity index (χ1v) is 9.58. The van der Waals surface area contributed by atoms with E-state index in [1.165, 1.54) is 12.1 Å². The molecule has 1 aliphatic heterocycles. The molecule has 7 heteroatoms. The van der Waals surface area contributed by atoms with Crippen LogP contribution in [0.15, 0.2) is 54.6 Å². The fourth-order valence-electron chi connectivity index (χ4n) is 3.37. The molecule has 150 valence electrons. The lowest BCUT2D eigenvalue weighted by Gasteiger charge is -2.37. The molecule has 1 fully saturated rings. The van der Waals surface area contributed by atoms with Gasteiger partial charge < -0.3 is 10.2 Å². The van der Waals surface area contributed by atoms with Crippen LogP contribution in [0.3, 0.4) is 0 Å². The number of halogens is 1. The van der Waals surface area contributed by atoms with Crippen LogP contribution in [0.2, 0.25) is 0 Å².